The summed E-state index contributed by atoms with van der Waals surface area (Å²) in [5.74, 6) is 0.450. The SMILES string of the molecule is CC(=O)Nc1ccc(NC(=O)CCNCC(C)C)cc1. The van der Waals surface area contributed by atoms with Crippen LogP contribution in [0.1, 0.15) is 27.2 Å². The van der Waals surface area contributed by atoms with Crippen molar-refractivity contribution < 1.29 is 9.59 Å². The third-order valence-corrected chi connectivity index (χ3v) is 2.57. The fourth-order valence-electron chi connectivity index (χ4n) is 1.66. The second-order valence-electron chi connectivity index (χ2n) is 5.15. The van der Waals surface area contributed by atoms with Crippen LogP contribution < -0.4 is 16.0 Å². The van der Waals surface area contributed by atoms with Crippen LogP contribution in [0.3, 0.4) is 0 Å². The molecule has 1 aromatic carbocycles. The molecule has 0 aliphatic heterocycles. The maximum Gasteiger partial charge on any atom is 0.225 e. The fraction of sp³-hybridized carbons (Fsp3) is 0.467. The molecule has 0 atom stereocenters. The minimum absolute atomic E-state index is 0.0199. The molecule has 0 aromatic heterocycles. The highest BCUT2D eigenvalue weighted by Crippen LogP contribution is 2.13. The number of amides is 2. The predicted octanol–water partition coefficient (Wildman–Crippen LogP) is 2.22. The second-order valence-corrected chi connectivity index (χ2v) is 5.15. The van der Waals surface area contributed by atoms with Gasteiger partial charge in [0.25, 0.3) is 0 Å². The lowest BCUT2D eigenvalue weighted by Crippen LogP contribution is -2.24. The van der Waals surface area contributed by atoms with Gasteiger partial charge >= 0.3 is 0 Å². The molecule has 5 heteroatoms. The van der Waals surface area contributed by atoms with Gasteiger partial charge in [0.1, 0.15) is 0 Å². The molecule has 2 amide bonds. The smallest absolute Gasteiger partial charge is 0.225 e. The maximum atomic E-state index is 11.7. The molecule has 0 saturated carbocycles. The molecule has 110 valence electrons. The summed E-state index contributed by atoms with van der Waals surface area (Å²) in [5, 5.41) is 8.72. The van der Waals surface area contributed by atoms with Gasteiger partial charge in [-0.15, -0.1) is 0 Å². The molecule has 0 bridgehead atoms. The Hall–Kier alpha value is -1.88. The number of carbonyl (C=O) groups excluding carboxylic acids is 2. The molecule has 20 heavy (non-hydrogen) atoms. The Morgan fingerprint density at radius 2 is 1.60 bits per heavy atom. The molecule has 0 aliphatic rings. The first kappa shape index (κ1) is 16.2. The monoisotopic (exact) mass is 277 g/mol. The average molecular weight is 277 g/mol. The lowest BCUT2D eigenvalue weighted by molar-refractivity contribution is -0.116. The van der Waals surface area contributed by atoms with Crippen molar-refractivity contribution in [1.29, 1.82) is 0 Å². The summed E-state index contributed by atoms with van der Waals surface area (Å²) in [5.41, 5.74) is 1.45. The summed E-state index contributed by atoms with van der Waals surface area (Å²) in [7, 11) is 0. The van der Waals surface area contributed by atoms with Gasteiger partial charge in [0.05, 0.1) is 0 Å². The van der Waals surface area contributed by atoms with Crippen LogP contribution in [0.15, 0.2) is 24.3 Å². The molecule has 0 saturated heterocycles. The Bertz CT molecular complexity index is 441. The predicted molar refractivity (Wildman–Crippen MR) is 81.7 cm³/mol. The van der Waals surface area contributed by atoms with Crippen molar-refractivity contribution in [3.05, 3.63) is 24.3 Å². The van der Waals surface area contributed by atoms with Crippen LogP contribution >= 0.6 is 0 Å². The molecule has 3 N–H and O–H groups in total. The van der Waals surface area contributed by atoms with E-state index in [2.05, 4.69) is 29.8 Å². The van der Waals surface area contributed by atoms with Crippen LogP contribution in [-0.2, 0) is 9.59 Å². The summed E-state index contributed by atoms with van der Waals surface area (Å²) in [4.78, 5) is 22.6. The van der Waals surface area contributed by atoms with Crippen LogP contribution in [0.2, 0.25) is 0 Å². The first-order valence-corrected chi connectivity index (χ1v) is 6.85. The average Bonchev–Trinajstić information content (AvgIpc) is 2.36. The number of rotatable bonds is 7. The number of nitrogens with one attached hydrogen (secondary N) is 3. The zero-order valence-corrected chi connectivity index (χ0v) is 12.3. The Balaban J connectivity index is 2.33. The lowest BCUT2D eigenvalue weighted by Gasteiger charge is -2.09. The molecule has 0 radical (unpaired) electrons. The Kier molecular flexibility index (Phi) is 6.73. The van der Waals surface area contributed by atoms with Crippen molar-refractivity contribution in [3.8, 4) is 0 Å². The highest BCUT2D eigenvalue weighted by molar-refractivity contribution is 5.92. The Morgan fingerprint density at radius 3 is 2.10 bits per heavy atom. The molecule has 0 spiro atoms. The van der Waals surface area contributed by atoms with E-state index in [9.17, 15) is 9.59 Å². The summed E-state index contributed by atoms with van der Waals surface area (Å²) >= 11 is 0. The zero-order chi connectivity index (χ0) is 15.0. The van der Waals surface area contributed by atoms with E-state index >= 15 is 0 Å². The van der Waals surface area contributed by atoms with E-state index in [1.54, 1.807) is 24.3 Å². The van der Waals surface area contributed by atoms with Crippen molar-refractivity contribution in [3.63, 3.8) is 0 Å². The topological polar surface area (TPSA) is 70.2 Å². The van der Waals surface area contributed by atoms with Crippen LogP contribution in [0, 0.1) is 5.92 Å². The second kappa shape index (κ2) is 8.32. The molecular weight excluding hydrogens is 254 g/mol. The van der Waals surface area contributed by atoms with Gasteiger partial charge in [0.2, 0.25) is 11.8 Å². The van der Waals surface area contributed by atoms with Crippen molar-refractivity contribution in [2.24, 2.45) is 5.92 Å². The van der Waals surface area contributed by atoms with E-state index in [4.69, 9.17) is 0 Å². The normalized spacial score (nSPS) is 10.4. The number of carbonyl (C=O) groups is 2. The maximum absolute atomic E-state index is 11.7. The van der Waals surface area contributed by atoms with Gasteiger partial charge in [0, 0.05) is 31.3 Å². The minimum Gasteiger partial charge on any atom is -0.326 e. The third kappa shape index (κ3) is 6.89. The zero-order valence-electron chi connectivity index (χ0n) is 12.3. The van der Waals surface area contributed by atoms with Gasteiger partial charge in [-0.05, 0) is 36.7 Å². The number of benzene rings is 1. The molecule has 1 rings (SSSR count). The third-order valence-electron chi connectivity index (χ3n) is 2.57. The summed E-state index contributed by atoms with van der Waals surface area (Å²) in [6, 6.07) is 7.05. The van der Waals surface area contributed by atoms with E-state index in [-0.39, 0.29) is 11.8 Å². The van der Waals surface area contributed by atoms with E-state index in [1.807, 2.05) is 0 Å². The molecule has 0 aliphatic carbocycles. The standard InChI is InChI=1S/C15H23N3O2/c1-11(2)10-16-9-8-15(20)18-14-6-4-13(5-7-14)17-12(3)19/h4-7,11,16H,8-10H2,1-3H3,(H,17,19)(H,18,20). The van der Waals surface area contributed by atoms with E-state index in [1.165, 1.54) is 6.92 Å². The molecule has 0 unspecified atom stereocenters. The van der Waals surface area contributed by atoms with Crippen LogP contribution in [0.5, 0.6) is 0 Å². The van der Waals surface area contributed by atoms with E-state index in [0.29, 0.717) is 24.6 Å². The van der Waals surface area contributed by atoms with Crippen molar-refractivity contribution >= 4 is 23.2 Å². The van der Waals surface area contributed by atoms with Gasteiger partial charge in [-0.25, -0.2) is 0 Å². The van der Waals surface area contributed by atoms with Gasteiger partial charge in [-0.3, -0.25) is 9.59 Å². The number of hydrogen-bond acceptors (Lipinski definition) is 3. The Morgan fingerprint density at radius 1 is 1.05 bits per heavy atom. The lowest BCUT2D eigenvalue weighted by atomic mass is 10.2. The largest absolute Gasteiger partial charge is 0.326 e. The molecule has 0 fully saturated rings. The van der Waals surface area contributed by atoms with E-state index in [0.717, 1.165) is 12.2 Å². The van der Waals surface area contributed by atoms with Gasteiger partial charge in [-0.1, -0.05) is 13.8 Å². The van der Waals surface area contributed by atoms with Gasteiger partial charge < -0.3 is 16.0 Å². The summed E-state index contributed by atoms with van der Waals surface area (Å²) < 4.78 is 0. The number of anilines is 2. The molecule has 1 aromatic rings. The first-order valence-electron chi connectivity index (χ1n) is 6.85. The minimum atomic E-state index is -0.113. The molecular formula is C15H23N3O2. The summed E-state index contributed by atoms with van der Waals surface area (Å²) in [6.07, 6.45) is 0.445. The molecule has 5 nitrogen and oxygen atoms in total. The van der Waals surface area contributed by atoms with Crippen molar-refractivity contribution in [1.82, 2.24) is 5.32 Å². The highest BCUT2D eigenvalue weighted by Gasteiger charge is 2.03. The van der Waals surface area contributed by atoms with Crippen molar-refractivity contribution in [2.45, 2.75) is 27.2 Å². The summed E-state index contributed by atoms with van der Waals surface area (Å²) in [6.45, 7) is 7.31. The Labute approximate surface area is 120 Å². The first-order chi connectivity index (χ1) is 9.47. The number of hydrogen-bond donors (Lipinski definition) is 3. The van der Waals surface area contributed by atoms with E-state index < -0.39 is 0 Å². The van der Waals surface area contributed by atoms with Gasteiger partial charge in [-0.2, -0.15) is 0 Å². The fourth-order valence-corrected chi connectivity index (χ4v) is 1.66. The van der Waals surface area contributed by atoms with Crippen LogP contribution in [0.25, 0.3) is 0 Å². The quantitative estimate of drug-likeness (QED) is 0.669. The highest BCUT2D eigenvalue weighted by atomic mass is 16.2. The van der Waals surface area contributed by atoms with Crippen LogP contribution in [0.4, 0.5) is 11.4 Å². The molecule has 0 heterocycles. The van der Waals surface area contributed by atoms with Crippen LogP contribution in [-0.4, -0.2) is 24.9 Å². The van der Waals surface area contributed by atoms with Crippen molar-refractivity contribution in [2.75, 3.05) is 23.7 Å². The van der Waals surface area contributed by atoms with Gasteiger partial charge in [0.15, 0.2) is 0 Å².